The molecule has 0 radical (unpaired) electrons. The molecule has 0 amide bonds. The molecule has 0 N–H and O–H groups in total. The second-order valence-electron chi connectivity index (χ2n) is 7.75. The minimum atomic E-state index is 1.28. The lowest BCUT2D eigenvalue weighted by atomic mass is 9.66. The van der Waals surface area contributed by atoms with E-state index in [1.54, 1.807) is 12.8 Å². The summed E-state index contributed by atoms with van der Waals surface area (Å²) in [6.07, 6.45) is 3.41. The van der Waals surface area contributed by atoms with E-state index in [0.717, 1.165) is 0 Å². The quantitative estimate of drug-likeness (QED) is 0.541. The summed E-state index contributed by atoms with van der Waals surface area (Å²) in [6, 6.07) is 0. The summed E-state index contributed by atoms with van der Waals surface area (Å²) >= 11 is 0. The molecule has 0 unspecified atom stereocenters. The molecule has 9 rings (SSSR count). The van der Waals surface area contributed by atoms with Crippen LogP contribution >= 0.6 is 0 Å². The van der Waals surface area contributed by atoms with Gasteiger partial charge in [-0.25, -0.2) is 0 Å². The number of rotatable bonds is 0. The standard InChI is InChI=1S/C14H16/c1-3-7-8(3)12-5(1)11(7)13-6-2-4-9(13)10(4)14(6)12/h3-14H,1-2H2/t3?,4?,5?,6?,7-,8+,9+,10?,11-,12+,13+,14-/m1/s1. The highest BCUT2D eigenvalue weighted by Crippen LogP contribution is 2.92. The fourth-order valence-corrected chi connectivity index (χ4v) is 8.73. The van der Waals surface area contributed by atoms with Gasteiger partial charge in [0.25, 0.3) is 0 Å². The average Bonchev–Trinajstić information content (AvgIpc) is 2.71. The first-order valence-electron chi connectivity index (χ1n) is 6.97. The van der Waals surface area contributed by atoms with Crippen LogP contribution in [0.15, 0.2) is 0 Å². The van der Waals surface area contributed by atoms with Crippen LogP contribution in [0, 0.1) is 71.0 Å². The molecule has 0 aliphatic heterocycles. The van der Waals surface area contributed by atoms with E-state index < -0.39 is 0 Å². The Morgan fingerprint density at radius 2 is 0.571 bits per heavy atom. The van der Waals surface area contributed by atoms with Crippen LogP contribution in [-0.4, -0.2) is 0 Å². The highest BCUT2D eigenvalue weighted by Gasteiger charge is 2.88. The van der Waals surface area contributed by atoms with Crippen LogP contribution < -0.4 is 0 Å². The Morgan fingerprint density at radius 1 is 0.357 bits per heavy atom. The Hall–Kier alpha value is 0. The van der Waals surface area contributed by atoms with E-state index in [4.69, 9.17) is 0 Å². The minimum Gasteiger partial charge on any atom is -0.0464 e. The zero-order valence-corrected chi connectivity index (χ0v) is 8.34. The molecule has 0 aromatic heterocycles. The van der Waals surface area contributed by atoms with Gasteiger partial charge in [0, 0.05) is 0 Å². The van der Waals surface area contributed by atoms with Crippen molar-refractivity contribution >= 4 is 0 Å². The fourth-order valence-electron chi connectivity index (χ4n) is 8.73. The third-order valence-corrected chi connectivity index (χ3v) is 8.32. The van der Waals surface area contributed by atoms with Crippen LogP contribution in [-0.2, 0) is 0 Å². The first kappa shape index (κ1) is 5.92. The van der Waals surface area contributed by atoms with E-state index in [0.29, 0.717) is 0 Å². The number of hydrogen-bond acceptors (Lipinski definition) is 0. The lowest BCUT2D eigenvalue weighted by Crippen LogP contribution is -2.34. The topological polar surface area (TPSA) is 0 Å². The van der Waals surface area contributed by atoms with Crippen LogP contribution in [0.1, 0.15) is 12.8 Å². The van der Waals surface area contributed by atoms with Crippen LogP contribution in [0.4, 0.5) is 0 Å². The second-order valence-corrected chi connectivity index (χ2v) is 7.75. The summed E-state index contributed by atoms with van der Waals surface area (Å²) < 4.78 is 0. The number of hydrogen-bond donors (Lipinski definition) is 0. The van der Waals surface area contributed by atoms with E-state index in [1.165, 1.54) is 71.0 Å². The molecule has 0 atom stereocenters. The zero-order chi connectivity index (χ0) is 8.34. The Labute approximate surface area is 84.4 Å². The summed E-state index contributed by atoms with van der Waals surface area (Å²) in [4.78, 5) is 0. The monoisotopic (exact) mass is 184 g/mol. The van der Waals surface area contributed by atoms with E-state index in [2.05, 4.69) is 0 Å². The Balaban J connectivity index is 1.61. The van der Waals surface area contributed by atoms with Gasteiger partial charge in [-0.15, -0.1) is 0 Å². The smallest absolute Gasteiger partial charge is 0.0315 e. The average molecular weight is 184 g/mol. The molecule has 14 heavy (non-hydrogen) atoms. The third-order valence-electron chi connectivity index (χ3n) is 8.32. The van der Waals surface area contributed by atoms with Crippen molar-refractivity contribution in [1.29, 1.82) is 0 Å². The van der Waals surface area contributed by atoms with Gasteiger partial charge in [0.1, 0.15) is 0 Å². The van der Waals surface area contributed by atoms with E-state index in [1.807, 2.05) is 0 Å². The van der Waals surface area contributed by atoms with Gasteiger partial charge in [0.05, 0.1) is 0 Å². The van der Waals surface area contributed by atoms with Gasteiger partial charge >= 0.3 is 0 Å². The predicted molar refractivity (Wildman–Crippen MR) is 51.1 cm³/mol. The lowest BCUT2D eigenvalue weighted by molar-refractivity contribution is 0.0886. The molecule has 0 heteroatoms. The highest BCUT2D eigenvalue weighted by molar-refractivity contribution is 5.35. The van der Waals surface area contributed by atoms with Crippen molar-refractivity contribution in [2.45, 2.75) is 12.8 Å². The maximum atomic E-state index is 1.70. The SMILES string of the molecule is C1C2C3[C@H]4C1[C@@H]([C@@H]23)[C@@H]1C2CC3[C@@H]1[C@H]3[C@H]24. The molecule has 0 spiro atoms. The molecule has 0 nitrogen and oxygen atoms in total. The van der Waals surface area contributed by atoms with Gasteiger partial charge in [-0.05, 0) is 83.9 Å². The zero-order valence-electron chi connectivity index (χ0n) is 8.34. The van der Waals surface area contributed by atoms with Crippen molar-refractivity contribution < 1.29 is 0 Å². The highest BCUT2D eigenvalue weighted by atomic mass is 14.9. The maximum absolute atomic E-state index is 1.70. The molecule has 0 saturated heterocycles. The molecule has 0 aromatic carbocycles. The summed E-state index contributed by atoms with van der Waals surface area (Å²) in [5, 5.41) is 0. The third kappa shape index (κ3) is 0.314. The Bertz CT molecular complexity index is 329. The van der Waals surface area contributed by atoms with Crippen LogP contribution in [0.25, 0.3) is 0 Å². The van der Waals surface area contributed by atoms with Crippen molar-refractivity contribution in [1.82, 2.24) is 0 Å². The molecule has 9 aliphatic rings. The van der Waals surface area contributed by atoms with Gasteiger partial charge in [-0.3, -0.25) is 0 Å². The molecule has 72 valence electrons. The van der Waals surface area contributed by atoms with Crippen molar-refractivity contribution in [3.63, 3.8) is 0 Å². The summed E-state index contributed by atoms with van der Waals surface area (Å²) in [5.41, 5.74) is 0. The van der Waals surface area contributed by atoms with Gasteiger partial charge in [0.2, 0.25) is 0 Å². The summed E-state index contributed by atoms with van der Waals surface area (Å²) in [7, 11) is 0. The second kappa shape index (κ2) is 1.30. The van der Waals surface area contributed by atoms with E-state index >= 15 is 0 Å². The van der Waals surface area contributed by atoms with Crippen molar-refractivity contribution in [3.8, 4) is 0 Å². The van der Waals surface area contributed by atoms with Crippen molar-refractivity contribution in [3.05, 3.63) is 0 Å². The van der Waals surface area contributed by atoms with Gasteiger partial charge < -0.3 is 0 Å². The van der Waals surface area contributed by atoms with Gasteiger partial charge in [0.15, 0.2) is 0 Å². The first-order valence-corrected chi connectivity index (χ1v) is 6.97. The minimum absolute atomic E-state index is 1.28. The molecule has 12 bridgehead atoms. The van der Waals surface area contributed by atoms with Crippen LogP contribution in [0.2, 0.25) is 0 Å². The Kier molecular flexibility index (Phi) is 0.548. The van der Waals surface area contributed by atoms with E-state index in [9.17, 15) is 0 Å². The largest absolute Gasteiger partial charge is 0.0464 e. The molecular weight excluding hydrogens is 168 g/mol. The molecule has 0 heterocycles. The Morgan fingerprint density at radius 3 is 0.714 bits per heavy atom. The molecule has 0 aromatic rings. The van der Waals surface area contributed by atoms with Gasteiger partial charge in [-0.1, -0.05) is 0 Å². The van der Waals surface area contributed by atoms with E-state index in [-0.39, 0.29) is 0 Å². The molecule has 9 aliphatic carbocycles. The summed E-state index contributed by atoms with van der Waals surface area (Å²) in [6.45, 7) is 0. The fraction of sp³-hybridized carbons (Fsp3) is 1.00. The molecule has 9 fully saturated rings. The van der Waals surface area contributed by atoms with Crippen LogP contribution in [0.5, 0.6) is 0 Å². The lowest BCUT2D eigenvalue weighted by Gasteiger charge is -2.38. The summed E-state index contributed by atoms with van der Waals surface area (Å²) in [5.74, 6) is 15.6. The normalized spacial score (nSPS) is 96.0. The molecule has 9 saturated carbocycles. The first-order chi connectivity index (χ1) is 6.97. The van der Waals surface area contributed by atoms with Gasteiger partial charge in [-0.2, -0.15) is 0 Å². The maximum Gasteiger partial charge on any atom is -0.0315 e. The van der Waals surface area contributed by atoms with Crippen molar-refractivity contribution in [2.24, 2.45) is 71.0 Å². The van der Waals surface area contributed by atoms with Crippen LogP contribution in [0.3, 0.4) is 0 Å². The van der Waals surface area contributed by atoms with Crippen molar-refractivity contribution in [2.75, 3.05) is 0 Å². The predicted octanol–water partition coefficient (Wildman–Crippen LogP) is 2.26. The molecular formula is C14H16.